The van der Waals surface area contributed by atoms with E-state index in [0.29, 0.717) is 55.8 Å². The summed E-state index contributed by atoms with van der Waals surface area (Å²) in [6, 6.07) is 7.22. The van der Waals surface area contributed by atoms with Gasteiger partial charge in [-0.25, -0.2) is 4.79 Å². The van der Waals surface area contributed by atoms with Gasteiger partial charge in [-0.1, -0.05) is 17.7 Å². The van der Waals surface area contributed by atoms with Crippen LogP contribution in [-0.4, -0.2) is 53.8 Å². The number of hydrogen-bond donors (Lipinski definition) is 1. The summed E-state index contributed by atoms with van der Waals surface area (Å²) in [4.78, 5) is 30.8. The number of pyridine rings is 1. The van der Waals surface area contributed by atoms with Gasteiger partial charge in [-0.05, 0) is 56.5 Å². The quantitative estimate of drug-likeness (QED) is 0.580. The van der Waals surface area contributed by atoms with Crippen LogP contribution < -0.4 is 14.8 Å². The van der Waals surface area contributed by atoms with Crippen molar-refractivity contribution < 1.29 is 23.8 Å². The molecule has 2 heterocycles. The molecule has 0 fully saturated rings. The van der Waals surface area contributed by atoms with Gasteiger partial charge in [0.15, 0.2) is 11.5 Å². The molecular weight excluding hydrogens is 446 g/mol. The molecule has 0 bridgehead atoms. The molecule has 1 N–H and O–H groups in total. The lowest BCUT2D eigenvalue weighted by Crippen LogP contribution is -2.38. The van der Waals surface area contributed by atoms with Gasteiger partial charge in [-0.15, -0.1) is 0 Å². The number of nitrogens with zero attached hydrogens (tertiary/aromatic N) is 2. The van der Waals surface area contributed by atoms with Crippen LogP contribution in [0.1, 0.15) is 38.3 Å². The van der Waals surface area contributed by atoms with E-state index in [1.807, 2.05) is 32.9 Å². The molecule has 3 rings (SSSR count). The lowest BCUT2D eigenvalue weighted by Gasteiger charge is -2.27. The fourth-order valence-corrected chi connectivity index (χ4v) is 3.57. The van der Waals surface area contributed by atoms with Crippen molar-refractivity contribution in [3.05, 3.63) is 52.8 Å². The molecule has 0 aliphatic carbocycles. The molecule has 2 amide bonds. The minimum absolute atomic E-state index is 0.140. The monoisotopic (exact) mass is 475 g/mol. The number of ether oxygens (including phenoxy) is 3. The van der Waals surface area contributed by atoms with E-state index in [4.69, 9.17) is 25.8 Å². The van der Waals surface area contributed by atoms with E-state index in [1.54, 1.807) is 29.4 Å². The predicted octanol–water partition coefficient (Wildman–Crippen LogP) is 3.99. The van der Waals surface area contributed by atoms with Crippen LogP contribution >= 0.6 is 11.6 Å². The first-order chi connectivity index (χ1) is 15.7. The highest BCUT2D eigenvalue weighted by atomic mass is 35.5. The van der Waals surface area contributed by atoms with E-state index in [0.717, 1.165) is 11.1 Å². The Hall–Kier alpha value is -3.00. The number of aromatic nitrogens is 1. The van der Waals surface area contributed by atoms with Crippen LogP contribution in [0.2, 0.25) is 5.02 Å². The maximum atomic E-state index is 12.6. The highest BCUT2D eigenvalue weighted by molar-refractivity contribution is 6.32. The van der Waals surface area contributed by atoms with E-state index < -0.39 is 11.7 Å². The van der Waals surface area contributed by atoms with Crippen molar-refractivity contribution in [3.63, 3.8) is 0 Å². The number of hydrogen-bond acceptors (Lipinski definition) is 6. The Balaban J connectivity index is 1.50. The molecule has 1 aliphatic heterocycles. The highest BCUT2D eigenvalue weighted by Gasteiger charge is 2.22. The molecule has 0 saturated carbocycles. The topological polar surface area (TPSA) is 90.0 Å². The van der Waals surface area contributed by atoms with Crippen LogP contribution in [0.4, 0.5) is 4.79 Å². The van der Waals surface area contributed by atoms with Crippen molar-refractivity contribution in [2.45, 2.75) is 45.8 Å². The zero-order valence-electron chi connectivity index (χ0n) is 19.2. The molecule has 33 heavy (non-hydrogen) atoms. The number of halogens is 1. The Kier molecular flexibility index (Phi) is 8.38. The third kappa shape index (κ3) is 7.82. The fourth-order valence-electron chi connectivity index (χ4n) is 3.29. The highest BCUT2D eigenvalue weighted by Crippen LogP contribution is 2.38. The second kappa shape index (κ2) is 11.2. The predicted molar refractivity (Wildman–Crippen MR) is 125 cm³/mol. The van der Waals surface area contributed by atoms with Crippen molar-refractivity contribution in [1.29, 1.82) is 0 Å². The molecule has 2 aromatic rings. The van der Waals surface area contributed by atoms with Gasteiger partial charge in [0, 0.05) is 25.5 Å². The van der Waals surface area contributed by atoms with Gasteiger partial charge in [0.1, 0.15) is 18.8 Å². The zero-order chi connectivity index (χ0) is 23.8. The van der Waals surface area contributed by atoms with Gasteiger partial charge in [0.05, 0.1) is 18.0 Å². The molecule has 1 aromatic heterocycles. The van der Waals surface area contributed by atoms with E-state index in [-0.39, 0.29) is 12.3 Å². The minimum atomic E-state index is -0.594. The SMILES string of the molecule is CC(C)(C)OC(=O)N(CCCNC(=O)Cc1cc(Cl)c2c(c1)OCCO2)Cc1cccnc1. The minimum Gasteiger partial charge on any atom is -0.486 e. The standard InChI is InChI=1S/C24H30ClN3O5/c1-24(2,3)33-23(30)28(16-17-6-4-7-26-15-17)9-5-8-27-21(29)14-18-12-19(25)22-20(13-18)31-10-11-32-22/h4,6-7,12-13,15H,5,8-11,14,16H2,1-3H3,(H,27,29). The van der Waals surface area contributed by atoms with Crippen molar-refractivity contribution in [1.82, 2.24) is 15.2 Å². The van der Waals surface area contributed by atoms with Gasteiger partial charge in [-0.2, -0.15) is 0 Å². The van der Waals surface area contributed by atoms with Crippen LogP contribution in [0.3, 0.4) is 0 Å². The molecule has 0 unspecified atom stereocenters. The van der Waals surface area contributed by atoms with E-state index in [9.17, 15) is 9.59 Å². The molecule has 1 aliphatic rings. The second-order valence-electron chi connectivity index (χ2n) is 8.75. The summed E-state index contributed by atoms with van der Waals surface area (Å²) < 4.78 is 16.6. The molecule has 0 radical (unpaired) electrons. The zero-order valence-corrected chi connectivity index (χ0v) is 20.0. The number of carbonyl (C=O) groups is 2. The van der Waals surface area contributed by atoms with Crippen LogP contribution in [0.25, 0.3) is 0 Å². The smallest absolute Gasteiger partial charge is 0.410 e. The normalized spacial score (nSPS) is 12.7. The van der Waals surface area contributed by atoms with Gasteiger partial charge < -0.3 is 24.4 Å². The summed E-state index contributed by atoms with van der Waals surface area (Å²) in [7, 11) is 0. The van der Waals surface area contributed by atoms with E-state index in [2.05, 4.69) is 10.3 Å². The van der Waals surface area contributed by atoms with Crippen molar-refractivity contribution in [2.24, 2.45) is 0 Å². The van der Waals surface area contributed by atoms with Crippen molar-refractivity contribution in [3.8, 4) is 11.5 Å². The largest absolute Gasteiger partial charge is 0.486 e. The van der Waals surface area contributed by atoms with Crippen LogP contribution in [0.15, 0.2) is 36.7 Å². The first-order valence-corrected chi connectivity index (χ1v) is 11.3. The average molecular weight is 476 g/mol. The summed E-state index contributed by atoms with van der Waals surface area (Å²) in [5, 5.41) is 3.32. The molecule has 9 heteroatoms. The van der Waals surface area contributed by atoms with E-state index in [1.165, 1.54) is 0 Å². The van der Waals surface area contributed by atoms with Crippen LogP contribution in [0.5, 0.6) is 11.5 Å². The average Bonchev–Trinajstić information content (AvgIpc) is 2.75. The molecular formula is C24H30ClN3O5. The Morgan fingerprint density at radius 1 is 1.21 bits per heavy atom. The molecule has 8 nitrogen and oxygen atoms in total. The number of rotatable bonds is 8. The Morgan fingerprint density at radius 2 is 2.00 bits per heavy atom. The summed E-state index contributed by atoms with van der Waals surface area (Å²) in [6.07, 6.45) is 3.75. The molecule has 0 atom stereocenters. The number of amides is 2. The van der Waals surface area contributed by atoms with Gasteiger partial charge in [-0.3, -0.25) is 9.78 Å². The summed E-state index contributed by atoms with van der Waals surface area (Å²) in [5.41, 5.74) is 1.06. The lowest BCUT2D eigenvalue weighted by atomic mass is 10.1. The van der Waals surface area contributed by atoms with Gasteiger partial charge in [0.25, 0.3) is 0 Å². The Morgan fingerprint density at radius 3 is 2.73 bits per heavy atom. The van der Waals surface area contributed by atoms with Gasteiger partial charge in [0.2, 0.25) is 5.91 Å². The number of fused-ring (bicyclic) bond motifs is 1. The molecule has 0 saturated heterocycles. The summed E-state index contributed by atoms with van der Waals surface area (Å²) in [6.45, 7) is 7.63. The molecule has 0 spiro atoms. The first-order valence-electron chi connectivity index (χ1n) is 10.9. The number of nitrogens with one attached hydrogen (secondary N) is 1. The molecule has 178 valence electrons. The Labute approximate surface area is 199 Å². The summed E-state index contributed by atoms with van der Waals surface area (Å²) in [5.74, 6) is 0.932. The van der Waals surface area contributed by atoms with Crippen LogP contribution in [-0.2, 0) is 22.5 Å². The van der Waals surface area contributed by atoms with Crippen molar-refractivity contribution >= 4 is 23.6 Å². The first kappa shape index (κ1) is 24.6. The third-order valence-corrected chi connectivity index (χ3v) is 4.98. The van der Waals surface area contributed by atoms with E-state index >= 15 is 0 Å². The maximum Gasteiger partial charge on any atom is 0.410 e. The molecule has 1 aromatic carbocycles. The maximum absolute atomic E-state index is 12.6. The number of carbonyl (C=O) groups excluding carboxylic acids is 2. The van der Waals surface area contributed by atoms with Crippen molar-refractivity contribution in [2.75, 3.05) is 26.3 Å². The third-order valence-electron chi connectivity index (χ3n) is 4.70. The second-order valence-corrected chi connectivity index (χ2v) is 9.15. The fraction of sp³-hybridized carbons (Fsp3) is 0.458. The van der Waals surface area contributed by atoms with Gasteiger partial charge >= 0.3 is 6.09 Å². The lowest BCUT2D eigenvalue weighted by molar-refractivity contribution is -0.120. The van der Waals surface area contributed by atoms with Crippen LogP contribution in [0, 0.1) is 0 Å². The Bertz CT molecular complexity index is 963. The summed E-state index contributed by atoms with van der Waals surface area (Å²) >= 11 is 6.24. The number of benzene rings is 1.